The molecule has 162 valence electrons. The molecular formula is C25H19FINO4. The smallest absolute Gasteiger partial charge is 0.363 e. The van der Waals surface area contributed by atoms with Gasteiger partial charge in [-0.05, 0) is 70.1 Å². The molecule has 5 nitrogen and oxygen atoms in total. The number of rotatable bonds is 7. The van der Waals surface area contributed by atoms with Gasteiger partial charge < -0.3 is 14.2 Å². The maximum Gasteiger partial charge on any atom is 0.363 e. The minimum atomic E-state index is -0.596. The number of hydrogen-bond acceptors (Lipinski definition) is 5. The molecule has 7 heteroatoms. The van der Waals surface area contributed by atoms with Gasteiger partial charge in [0.2, 0.25) is 5.90 Å². The van der Waals surface area contributed by atoms with Gasteiger partial charge in [-0.1, -0.05) is 36.4 Å². The van der Waals surface area contributed by atoms with Gasteiger partial charge in [0.1, 0.15) is 5.82 Å². The maximum absolute atomic E-state index is 13.5. The fourth-order valence-corrected chi connectivity index (χ4v) is 3.97. The Hall–Kier alpha value is -3.20. The van der Waals surface area contributed by atoms with Gasteiger partial charge in [0.25, 0.3) is 0 Å². The van der Waals surface area contributed by atoms with E-state index in [1.165, 1.54) is 23.8 Å². The second-order valence-corrected chi connectivity index (χ2v) is 8.13. The zero-order chi connectivity index (χ0) is 22.5. The molecule has 3 aromatic rings. The third-order valence-corrected chi connectivity index (χ3v) is 5.53. The van der Waals surface area contributed by atoms with Crippen molar-refractivity contribution >= 4 is 40.5 Å². The third kappa shape index (κ3) is 5.16. The van der Waals surface area contributed by atoms with Crippen molar-refractivity contribution < 1.29 is 23.4 Å². The van der Waals surface area contributed by atoms with E-state index in [2.05, 4.69) is 39.7 Å². The Bertz CT molecular complexity index is 1210. The number of halogens is 2. The Balaban J connectivity index is 1.54. The van der Waals surface area contributed by atoms with E-state index >= 15 is 0 Å². The summed E-state index contributed by atoms with van der Waals surface area (Å²) in [4.78, 5) is 16.5. The van der Waals surface area contributed by atoms with E-state index in [9.17, 15) is 9.18 Å². The number of methoxy groups -OCH3 is 1. The van der Waals surface area contributed by atoms with Crippen molar-refractivity contribution in [2.75, 3.05) is 13.7 Å². The van der Waals surface area contributed by atoms with Crippen LogP contribution >= 0.6 is 22.6 Å². The quantitative estimate of drug-likeness (QED) is 0.228. The van der Waals surface area contributed by atoms with Crippen molar-refractivity contribution in [1.82, 2.24) is 0 Å². The summed E-state index contributed by atoms with van der Waals surface area (Å²) in [7, 11) is 1.57. The Morgan fingerprint density at radius 2 is 1.91 bits per heavy atom. The van der Waals surface area contributed by atoms with Crippen LogP contribution in [0.2, 0.25) is 0 Å². The first-order valence-corrected chi connectivity index (χ1v) is 10.9. The monoisotopic (exact) mass is 543 g/mol. The largest absolute Gasteiger partial charge is 0.493 e. The number of esters is 1. The first kappa shape index (κ1) is 22.0. The molecule has 1 aliphatic heterocycles. The van der Waals surface area contributed by atoms with Gasteiger partial charge >= 0.3 is 5.97 Å². The van der Waals surface area contributed by atoms with Gasteiger partial charge in [-0.15, -0.1) is 0 Å². The predicted octanol–water partition coefficient (Wildman–Crippen LogP) is 5.40. The lowest BCUT2D eigenvalue weighted by atomic mass is 10.1. The summed E-state index contributed by atoms with van der Waals surface area (Å²) in [5.74, 6) is 0.243. The first-order valence-electron chi connectivity index (χ1n) is 9.86. The molecule has 1 aliphatic rings. The van der Waals surface area contributed by atoms with Crippen LogP contribution in [-0.2, 0) is 16.0 Å². The van der Waals surface area contributed by atoms with E-state index < -0.39 is 11.8 Å². The minimum Gasteiger partial charge on any atom is -0.493 e. The number of carbonyl (C=O) groups excluding carboxylic acids is 1. The minimum absolute atomic E-state index is 0.0725. The number of carbonyl (C=O) groups is 1. The highest BCUT2D eigenvalue weighted by atomic mass is 127. The second-order valence-electron chi connectivity index (χ2n) is 6.96. The molecule has 0 saturated carbocycles. The number of nitrogens with zero attached hydrogens (tertiary/aromatic N) is 1. The lowest BCUT2D eigenvalue weighted by molar-refractivity contribution is -0.129. The van der Waals surface area contributed by atoms with Crippen molar-refractivity contribution in [3.05, 3.63) is 98.5 Å². The maximum atomic E-state index is 13.5. The summed E-state index contributed by atoms with van der Waals surface area (Å²) in [6, 6.07) is 19.5. The molecule has 0 aromatic heterocycles. The van der Waals surface area contributed by atoms with E-state index in [-0.39, 0.29) is 11.6 Å². The van der Waals surface area contributed by atoms with Gasteiger partial charge in [0, 0.05) is 12.0 Å². The van der Waals surface area contributed by atoms with Gasteiger partial charge in [0.15, 0.2) is 17.2 Å². The number of benzene rings is 3. The fraction of sp³-hybridized carbons (Fsp3) is 0.120. The van der Waals surface area contributed by atoms with E-state index in [4.69, 9.17) is 14.2 Å². The lowest BCUT2D eigenvalue weighted by Gasteiger charge is -2.13. The zero-order valence-electron chi connectivity index (χ0n) is 17.2. The van der Waals surface area contributed by atoms with Crippen LogP contribution < -0.4 is 9.47 Å². The van der Waals surface area contributed by atoms with Gasteiger partial charge in [-0.2, -0.15) is 0 Å². The molecule has 0 spiro atoms. The van der Waals surface area contributed by atoms with Crippen LogP contribution in [0.4, 0.5) is 4.39 Å². The van der Waals surface area contributed by atoms with Crippen LogP contribution in [0.15, 0.2) is 77.4 Å². The number of aliphatic imine (C=N–C) groups is 1. The van der Waals surface area contributed by atoms with E-state index in [0.29, 0.717) is 29.2 Å². The summed E-state index contributed by atoms with van der Waals surface area (Å²) in [6.07, 6.45) is 2.38. The molecule has 3 aromatic carbocycles. The zero-order valence-corrected chi connectivity index (χ0v) is 19.3. The Kier molecular flexibility index (Phi) is 6.84. The molecular weight excluding hydrogens is 524 g/mol. The van der Waals surface area contributed by atoms with E-state index in [1.54, 1.807) is 25.3 Å². The summed E-state index contributed by atoms with van der Waals surface area (Å²) in [5, 5.41) is 0. The molecule has 0 saturated heterocycles. The Morgan fingerprint density at radius 3 is 2.66 bits per heavy atom. The van der Waals surface area contributed by atoms with Crippen LogP contribution in [0.1, 0.15) is 16.7 Å². The summed E-state index contributed by atoms with van der Waals surface area (Å²) >= 11 is 2.17. The molecule has 0 aliphatic carbocycles. The van der Waals surface area contributed by atoms with E-state index in [1.807, 2.05) is 24.3 Å². The van der Waals surface area contributed by atoms with E-state index in [0.717, 1.165) is 9.99 Å². The molecule has 0 N–H and O–H groups in total. The topological polar surface area (TPSA) is 57.1 Å². The van der Waals surface area contributed by atoms with Crippen molar-refractivity contribution in [3.8, 4) is 11.5 Å². The molecule has 0 unspecified atom stereocenters. The molecule has 0 amide bonds. The SMILES string of the molecule is COc1cc(/C=C2\N=C(c3cccc(F)c3)OC2=O)cc(I)c1OCCc1ccccc1. The molecule has 0 atom stereocenters. The highest BCUT2D eigenvalue weighted by molar-refractivity contribution is 14.1. The highest BCUT2D eigenvalue weighted by Gasteiger charge is 2.24. The second kappa shape index (κ2) is 9.95. The summed E-state index contributed by atoms with van der Waals surface area (Å²) < 4.78 is 31.0. The fourth-order valence-electron chi connectivity index (χ4n) is 3.19. The molecule has 32 heavy (non-hydrogen) atoms. The summed E-state index contributed by atoms with van der Waals surface area (Å²) in [5.41, 5.74) is 2.42. The number of cyclic esters (lactones) is 1. The molecule has 0 bridgehead atoms. The van der Waals surface area contributed by atoms with Gasteiger partial charge in [0.05, 0.1) is 17.3 Å². The normalized spacial score (nSPS) is 14.3. The van der Waals surface area contributed by atoms with Crippen molar-refractivity contribution in [1.29, 1.82) is 0 Å². The van der Waals surface area contributed by atoms with Gasteiger partial charge in [-0.3, -0.25) is 0 Å². The van der Waals surface area contributed by atoms with Gasteiger partial charge in [-0.25, -0.2) is 14.2 Å². The average Bonchev–Trinajstić information content (AvgIpc) is 3.16. The highest BCUT2D eigenvalue weighted by Crippen LogP contribution is 2.35. The predicted molar refractivity (Wildman–Crippen MR) is 128 cm³/mol. The van der Waals surface area contributed by atoms with Crippen LogP contribution in [0.5, 0.6) is 11.5 Å². The Labute approximate surface area is 198 Å². The third-order valence-electron chi connectivity index (χ3n) is 4.73. The first-order chi connectivity index (χ1) is 15.5. The number of hydrogen-bond donors (Lipinski definition) is 0. The standard InChI is InChI=1S/C25H19FINO4/c1-30-22-14-17(12-20(27)23(22)31-11-10-16-6-3-2-4-7-16)13-21-25(29)32-24(28-21)18-8-5-9-19(26)15-18/h2-9,12-15H,10-11H2,1H3/b21-13-. The average molecular weight is 543 g/mol. The van der Waals surface area contributed by atoms with Crippen LogP contribution in [-0.4, -0.2) is 25.6 Å². The van der Waals surface area contributed by atoms with Crippen LogP contribution in [0, 0.1) is 9.39 Å². The lowest BCUT2D eigenvalue weighted by Crippen LogP contribution is -2.05. The van der Waals surface area contributed by atoms with Crippen molar-refractivity contribution in [2.24, 2.45) is 4.99 Å². The van der Waals surface area contributed by atoms with Crippen LogP contribution in [0.3, 0.4) is 0 Å². The molecule has 0 fully saturated rings. The molecule has 1 heterocycles. The number of ether oxygens (including phenoxy) is 3. The van der Waals surface area contributed by atoms with Crippen LogP contribution in [0.25, 0.3) is 6.08 Å². The summed E-state index contributed by atoms with van der Waals surface area (Å²) in [6.45, 7) is 0.504. The van der Waals surface area contributed by atoms with Crippen molar-refractivity contribution in [2.45, 2.75) is 6.42 Å². The molecule has 0 radical (unpaired) electrons. The van der Waals surface area contributed by atoms with Crippen molar-refractivity contribution in [3.63, 3.8) is 0 Å². The Morgan fingerprint density at radius 1 is 1.09 bits per heavy atom. The molecule has 4 rings (SSSR count).